The minimum Gasteiger partial charge on any atom is -0.467 e. The van der Waals surface area contributed by atoms with Crippen LogP contribution >= 0.6 is 23.1 Å². The van der Waals surface area contributed by atoms with E-state index in [0.717, 1.165) is 47.1 Å². The van der Waals surface area contributed by atoms with Crippen LogP contribution in [0.3, 0.4) is 0 Å². The maximum absolute atomic E-state index is 13.2. The third-order valence-electron chi connectivity index (χ3n) is 5.48. The molecule has 9 nitrogen and oxygen atoms in total. The Kier molecular flexibility index (Phi) is 6.28. The fraction of sp³-hybridized carbons (Fsp3) is 0.429. The largest absolute Gasteiger partial charge is 0.467 e. The molecule has 0 bridgehead atoms. The quantitative estimate of drug-likeness (QED) is 0.488. The first-order chi connectivity index (χ1) is 15.7. The molecule has 32 heavy (non-hydrogen) atoms. The van der Waals surface area contributed by atoms with Gasteiger partial charge in [-0.25, -0.2) is 5.01 Å². The Morgan fingerprint density at radius 2 is 2.12 bits per heavy atom. The van der Waals surface area contributed by atoms with E-state index in [1.165, 1.54) is 11.8 Å². The molecule has 0 radical (unpaired) electrons. The van der Waals surface area contributed by atoms with Gasteiger partial charge in [0.05, 0.1) is 35.8 Å². The predicted octanol–water partition coefficient (Wildman–Crippen LogP) is 3.26. The molecule has 1 fully saturated rings. The monoisotopic (exact) mass is 472 g/mol. The highest BCUT2D eigenvalue weighted by molar-refractivity contribution is 7.99. The van der Waals surface area contributed by atoms with E-state index in [0.29, 0.717) is 19.6 Å². The molecule has 5 rings (SSSR count). The van der Waals surface area contributed by atoms with E-state index in [1.54, 1.807) is 22.6 Å². The fourth-order valence-electron chi connectivity index (χ4n) is 3.89. The molecule has 1 saturated heterocycles. The lowest BCUT2D eigenvalue weighted by atomic mass is 10.1. The summed E-state index contributed by atoms with van der Waals surface area (Å²) in [6.45, 7) is 5.75. The minimum absolute atomic E-state index is 0.0819. The molecule has 0 saturated carbocycles. The zero-order valence-corrected chi connectivity index (χ0v) is 19.3. The summed E-state index contributed by atoms with van der Waals surface area (Å²) in [6.07, 6.45) is 2.27. The van der Waals surface area contributed by atoms with Gasteiger partial charge in [-0.05, 0) is 30.5 Å². The van der Waals surface area contributed by atoms with Crippen LogP contribution < -0.4 is 4.90 Å². The van der Waals surface area contributed by atoms with Crippen LogP contribution in [0.1, 0.15) is 30.0 Å². The number of ether oxygens (including phenoxy) is 1. The first kappa shape index (κ1) is 21.2. The predicted molar refractivity (Wildman–Crippen MR) is 123 cm³/mol. The lowest BCUT2D eigenvalue weighted by Gasteiger charge is -2.27. The SMILES string of the molecule is CCn1c(SCC(=O)N2N=C(c3cccs3)C[C@@H]2c2ccco2)nnc1N1CCOCC1. The molecule has 0 spiro atoms. The Labute approximate surface area is 194 Å². The van der Waals surface area contributed by atoms with Crippen molar-refractivity contribution in [1.29, 1.82) is 0 Å². The first-order valence-corrected chi connectivity index (χ1v) is 12.5. The number of thiophene rings is 1. The van der Waals surface area contributed by atoms with Gasteiger partial charge < -0.3 is 14.1 Å². The number of anilines is 1. The highest BCUT2D eigenvalue weighted by Crippen LogP contribution is 2.35. The molecule has 5 heterocycles. The summed E-state index contributed by atoms with van der Waals surface area (Å²) >= 11 is 3.02. The summed E-state index contributed by atoms with van der Waals surface area (Å²) in [5.74, 6) is 1.71. The number of amides is 1. The summed E-state index contributed by atoms with van der Waals surface area (Å²) in [5.41, 5.74) is 0.908. The van der Waals surface area contributed by atoms with Crippen molar-refractivity contribution >= 4 is 40.7 Å². The van der Waals surface area contributed by atoms with Crippen molar-refractivity contribution in [3.05, 3.63) is 46.5 Å². The van der Waals surface area contributed by atoms with Gasteiger partial charge in [0.1, 0.15) is 11.8 Å². The summed E-state index contributed by atoms with van der Waals surface area (Å²) in [6, 6.07) is 7.53. The highest BCUT2D eigenvalue weighted by atomic mass is 32.2. The third-order valence-corrected chi connectivity index (χ3v) is 7.35. The fourth-order valence-corrected chi connectivity index (χ4v) is 5.46. The van der Waals surface area contributed by atoms with E-state index in [-0.39, 0.29) is 17.7 Å². The van der Waals surface area contributed by atoms with Gasteiger partial charge in [0.15, 0.2) is 5.16 Å². The standard InChI is InChI=1S/C21H24N6O3S2/c1-2-26-20(25-7-10-29-11-8-25)22-23-21(26)32-14-19(28)27-16(17-5-3-9-30-17)13-15(24-27)18-6-4-12-31-18/h3-6,9,12,16H,2,7-8,10-11,13-14H2,1H3/t16-/m1/s1. The van der Waals surface area contributed by atoms with Crippen molar-refractivity contribution in [2.75, 3.05) is 37.0 Å². The van der Waals surface area contributed by atoms with Crippen LogP contribution in [0, 0.1) is 0 Å². The number of aromatic nitrogens is 3. The molecule has 11 heteroatoms. The van der Waals surface area contributed by atoms with E-state index in [4.69, 9.17) is 9.15 Å². The molecule has 0 aliphatic carbocycles. The molecule has 0 N–H and O–H groups in total. The molecular weight excluding hydrogens is 448 g/mol. The van der Waals surface area contributed by atoms with Crippen molar-refractivity contribution in [3.63, 3.8) is 0 Å². The zero-order chi connectivity index (χ0) is 21.9. The summed E-state index contributed by atoms with van der Waals surface area (Å²) in [5, 5.41) is 17.7. The van der Waals surface area contributed by atoms with Crippen LogP contribution in [0.15, 0.2) is 50.6 Å². The molecule has 1 amide bonds. The van der Waals surface area contributed by atoms with Crippen LogP contribution in [0.25, 0.3) is 0 Å². The number of thioether (sulfide) groups is 1. The van der Waals surface area contributed by atoms with Crippen LogP contribution in [0.2, 0.25) is 0 Å². The first-order valence-electron chi connectivity index (χ1n) is 10.6. The van der Waals surface area contributed by atoms with Crippen molar-refractivity contribution < 1.29 is 13.9 Å². The Bertz CT molecular complexity index is 1070. The van der Waals surface area contributed by atoms with Crippen molar-refractivity contribution in [2.45, 2.75) is 31.1 Å². The minimum atomic E-state index is -0.233. The Hall–Kier alpha value is -2.63. The van der Waals surface area contributed by atoms with E-state index >= 15 is 0 Å². The Balaban J connectivity index is 1.32. The lowest BCUT2D eigenvalue weighted by Crippen LogP contribution is -2.38. The van der Waals surface area contributed by atoms with Gasteiger partial charge >= 0.3 is 0 Å². The smallest absolute Gasteiger partial charge is 0.253 e. The number of hydrazone groups is 1. The number of nitrogens with zero attached hydrogens (tertiary/aromatic N) is 6. The number of furan rings is 1. The Morgan fingerprint density at radius 1 is 1.25 bits per heavy atom. The second-order valence-corrected chi connectivity index (χ2v) is 9.30. The molecular formula is C21H24N6O3S2. The van der Waals surface area contributed by atoms with Crippen molar-refractivity contribution in [3.8, 4) is 0 Å². The molecule has 3 aromatic heterocycles. The van der Waals surface area contributed by atoms with Crippen LogP contribution in [-0.2, 0) is 16.1 Å². The molecule has 3 aromatic rings. The maximum Gasteiger partial charge on any atom is 0.253 e. The average molecular weight is 473 g/mol. The van der Waals surface area contributed by atoms with Gasteiger partial charge in [-0.3, -0.25) is 9.36 Å². The molecule has 2 aliphatic heterocycles. The molecule has 168 valence electrons. The van der Waals surface area contributed by atoms with Crippen LogP contribution in [-0.4, -0.2) is 63.4 Å². The number of morpholine rings is 1. The zero-order valence-electron chi connectivity index (χ0n) is 17.7. The van der Waals surface area contributed by atoms with Crippen LogP contribution in [0.4, 0.5) is 5.95 Å². The normalized spacial score (nSPS) is 18.9. The second kappa shape index (κ2) is 9.47. The van der Waals surface area contributed by atoms with Crippen LogP contribution in [0.5, 0.6) is 0 Å². The van der Waals surface area contributed by atoms with Gasteiger partial charge in [-0.1, -0.05) is 17.8 Å². The Morgan fingerprint density at radius 3 is 2.84 bits per heavy atom. The molecule has 1 atom stereocenters. The number of hydrogen-bond donors (Lipinski definition) is 0. The van der Waals surface area contributed by atoms with Crippen molar-refractivity contribution in [1.82, 2.24) is 19.8 Å². The van der Waals surface area contributed by atoms with E-state index < -0.39 is 0 Å². The number of carbonyl (C=O) groups excluding carboxylic acids is 1. The summed E-state index contributed by atoms with van der Waals surface area (Å²) in [7, 11) is 0. The summed E-state index contributed by atoms with van der Waals surface area (Å²) < 4.78 is 13.1. The van der Waals surface area contributed by atoms with Gasteiger partial charge in [0.25, 0.3) is 5.91 Å². The van der Waals surface area contributed by atoms with E-state index in [9.17, 15) is 4.79 Å². The van der Waals surface area contributed by atoms with Gasteiger partial charge in [-0.15, -0.1) is 21.5 Å². The second-order valence-electron chi connectivity index (χ2n) is 7.41. The average Bonchev–Trinajstić information content (AvgIpc) is 3.63. The third kappa shape index (κ3) is 4.19. The number of rotatable bonds is 7. The summed E-state index contributed by atoms with van der Waals surface area (Å²) in [4.78, 5) is 16.5. The van der Waals surface area contributed by atoms with Gasteiger partial charge in [0, 0.05) is 26.1 Å². The van der Waals surface area contributed by atoms with E-state index in [2.05, 4.69) is 31.7 Å². The highest BCUT2D eigenvalue weighted by Gasteiger charge is 2.35. The van der Waals surface area contributed by atoms with Gasteiger partial charge in [-0.2, -0.15) is 5.10 Å². The molecule has 2 aliphatic rings. The van der Waals surface area contributed by atoms with Gasteiger partial charge in [0.2, 0.25) is 5.95 Å². The molecule has 0 aromatic carbocycles. The lowest BCUT2D eigenvalue weighted by molar-refractivity contribution is -0.130. The topological polar surface area (TPSA) is 89.0 Å². The number of hydrogen-bond acceptors (Lipinski definition) is 9. The maximum atomic E-state index is 13.2. The molecule has 0 unspecified atom stereocenters. The number of carbonyl (C=O) groups is 1. The van der Waals surface area contributed by atoms with E-state index in [1.807, 2.05) is 29.6 Å². The van der Waals surface area contributed by atoms with Crippen molar-refractivity contribution in [2.24, 2.45) is 5.10 Å².